The lowest BCUT2D eigenvalue weighted by Crippen LogP contribution is -2.11. The van der Waals surface area contributed by atoms with Crippen LogP contribution in [0.25, 0.3) is 0 Å². The number of aryl methyl sites for hydroxylation is 1. The van der Waals surface area contributed by atoms with E-state index in [0.717, 1.165) is 5.56 Å². The number of hydrogen-bond acceptors (Lipinski definition) is 3. The molecule has 0 unspecified atom stereocenters. The molecule has 0 atom stereocenters. The number of rotatable bonds is 6. The first-order valence-corrected chi connectivity index (χ1v) is 6.05. The number of methoxy groups -OCH3 is 1. The number of carbonyl (C=O) groups excluding carboxylic acids is 1. The van der Waals surface area contributed by atoms with Crippen molar-refractivity contribution in [1.82, 2.24) is 4.57 Å². The van der Waals surface area contributed by atoms with Gasteiger partial charge in [0.1, 0.15) is 5.75 Å². The number of ether oxygens (including phenoxy) is 2. The van der Waals surface area contributed by atoms with Gasteiger partial charge in [0.2, 0.25) is 5.78 Å². The van der Waals surface area contributed by atoms with Gasteiger partial charge in [-0.15, -0.1) is 0 Å². The second-order valence-corrected chi connectivity index (χ2v) is 4.36. The fourth-order valence-electron chi connectivity index (χ4n) is 1.79. The molecule has 0 spiro atoms. The average Bonchev–Trinajstić information content (AvgIpc) is 2.84. The van der Waals surface area contributed by atoms with Gasteiger partial charge in [0.15, 0.2) is 6.61 Å². The van der Waals surface area contributed by atoms with Gasteiger partial charge in [-0.3, -0.25) is 4.79 Å². The van der Waals surface area contributed by atoms with Crippen molar-refractivity contribution in [3.05, 3.63) is 53.9 Å². The van der Waals surface area contributed by atoms with Crippen LogP contribution < -0.4 is 4.74 Å². The lowest BCUT2D eigenvalue weighted by molar-refractivity contribution is 0.0921. The quantitative estimate of drug-likeness (QED) is 0.748. The van der Waals surface area contributed by atoms with Gasteiger partial charge >= 0.3 is 0 Å². The second kappa shape index (κ2) is 6.20. The molecule has 0 radical (unpaired) electrons. The van der Waals surface area contributed by atoms with Gasteiger partial charge in [-0.2, -0.15) is 0 Å². The first-order chi connectivity index (χ1) is 9.19. The van der Waals surface area contributed by atoms with Crippen LogP contribution in [0, 0.1) is 0 Å². The maximum absolute atomic E-state index is 11.9. The standard InChI is InChI=1S/C15H17NO3/c1-16-7-6-13(9-16)15(17)11-19-14-5-3-4-12(8-14)10-18-2/h3-9H,10-11H2,1-2H3. The van der Waals surface area contributed by atoms with Crippen molar-refractivity contribution in [2.75, 3.05) is 13.7 Å². The minimum absolute atomic E-state index is 0.0299. The van der Waals surface area contributed by atoms with Gasteiger partial charge in [0.05, 0.1) is 6.61 Å². The van der Waals surface area contributed by atoms with Gasteiger partial charge < -0.3 is 14.0 Å². The molecule has 0 N–H and O–H groups in total. The summed E-state index contributed by atoms with van der Waals surface area (Å²) in [4.78, 5) is 11.9. The highest BCUT2D eigenvalue weighted by Crippen LogP contribution is 2.14. The Hall–Kier alpha value is -2.07. The molecule has 0 aliphatic carbocycles. The predicted octanol–water partition coefficient (Wildman–Crippen LogP) is 2.43. The van der Waals surface area contributed by atoms with Crippen LogP contribution in [0.1, 0.15) is 15.9 Å². The smallest absolute Gasteiger partial charge is 0.201 e. The van der Waals surface area contributed by atoms with Gasteiger partial charge in [-0.25, -0.2) is 0 Å². The largest absolute Gasteiger partial charge is 0.485 e. The molecule has 100 valence electrons. The maximum atomic E-state index is 11.9. The van der Waals surface area contributed by atoms with Gasteiger partial charge in [-0.1, -0.05) is 12.1 Å². The number of ketones is 1. The zero-order chi connectivity index (χ0) is 13.7. The summed E-state index contributed by atoms with van der Waals surface area (Å²) < 4.78 is 12.4. The van der Waals surface area contributed by atoms with Gasteiger partial charge in [0.25, 0.3) is 0 Å². The third-order valence-electron chi connectivity index (χ3n) is 2.73. The summed E-state index contributed by atoms with van der Waals surface area (Å²) in [6.07, 6.45) is 3.62. The molecule has 0 aliphatic rings. The topological polar surface area (TPSA) is 40.5 Å². The normalized spacial score (nSPS) is 10.4. The van der Waals surface area contributed by atoms with Crippen molar-refractivity contribution < 1.29 is 14.3 Å². The monoisotopic (exact) mass is 259 g/mol. The molecule has 19 heavy (non-hydrogen) atoms. The molecule has 1 aromatic heterocycles. The second-order valence-electron chi connectivity index (χ2n) is 4.36. The molecule has 2 aromatic rings. The Balaban J connectivity index is 1.95. The lowest BCUT2D eigenvalue weighted by Gasteiger charge is -2.06. The van der Waals surface area contributed by atoms with Crippen LogP contribution >= 0.6 is 0 Å². The van der Waals surface area contributed by atoms with Crippen molar-refractivity contribution in [1.29, 1.82) is 0 Å². The third kappa shape index (κ3) is 3.69. The Morgan fingerprint density at radius 3 is 2.84 bits per heavy atom. The van der Waals surface area contributed by atoms with E-state index in [4.69, 9.17) is 9.47 Å². The van der Waals surface area contributed by atoms with E-state index in [1.165, 1.54) is 0 Å². The minimum Gasteiger partial charge on any atom is -0.485 e. The number of benzene rings is 1. The molecule has 0 saturated heterocycles. The molecule has 2 rings (SSSR count). The highest BCUT2D eigenvalue weighted by molar-refractivity contribution is 5.97. The average molecular weight is 259 g/mol. The fourth-order valence-corrected chi connectivity index (χ4v) is 1.79. The Morgan fingerprint density at radius 2 is 2.16 bits per heavy atom. The van der Waals surface area contributed by atoms with Gasteiger partial charge in [-0.05, 0) is 23.8 Å². The number of hydrogen-bond donors (Lipinski definition) is 0. The molecule has 1 aromatic carbocycles. The van der Waals surface area contributed by atoms with Crippen molar-refractivity contribution in [2.45, 2.75) is 6.61 Å². The first-order valence-electron chi connectivity index (χ1n) is 6.05. The zero-order valence-electron chi connectivity index (χ0n) is 11.1. The molecule has 1 heterocycles. The van der Waals surface area contributed by atoms with E-state index in [-0.39, 0.29) is 12.4 Å². The summed E-state index contributed by atoms with van der Waals surface area (Å²) >= 11 is 0. The highest BCUT2D eigenvalue weighted by Gasteiger charge is 2.08. The third-order valence-corrected chi connectivity index (χ3v) is 2.73. The van der Waals surface area contributed by atoms with E-state index < -0.39 is 0 Å². The minimum atomic E-state index is -0.0299. The van der Waals surface area contributed by atoms with Crippen LogP contribution in [0.2, 0.25) is 0 Å². The number of carbonyl (C=O) groups is 1. The number of nitrogens with zero attached hydrogens (tertiary/aromatic N) is 1. The highest BCUT2D eigenvalue weighted by atomic mass is 16.5. The van der Waals surface area contributed by atoms with E-state index in [2.05, 4.69) is 0 Å². The Labute approximate surface area is 112 Å². The van der Waals surface area contributed by atoms with E-state index in [1.807, 2.05) is 42.1 Å². The predicted molar refractivity (Wildman–Crippen MR) is 72.4 cm³/mol. The zero-order valence-corrected chi connectivity index (χ0v) is 11.1. The molecular weight excluding hydrogens is 242 g/mol. The van der Waals surface area contributed by atoms with Crippen molar-refractivity contribution in [3.63, 3.8) is 0 Å². The molecule has 4 heteroatoms. The molecular formula is C15H17NO3. The van der Waals surface area contributed by atoms with E-state index in [9.17, 15) is 4.79 Å². The Morgan fingerprint density at radius 1 is 1.32 bits per heavy atom. The maximum Gasteiger partial charge on any atom is 0.201 e. The van der Waals surface area contributed by atoms with E-state index in [1.54, 1.807) is 19.4 Å². The Bertz CT molecular complexity index is 560. The van der Waals surface area contributed by atoms with E-state index >= 15 is 0 Å². The van der Waals surface area contributed by atoms with Crippen LogP contribution in [0.3, 0.4) is 0 Å². The number of Topliss-reactive ketones (excluding diaryl/α,β-unsaturated/α-hetero) is 1. The summed E-state index contributed by atoms with van der Waals surface area (Å²) in [5.74, 6) is 0.650. The van der Waals surface area contributed by atoms with Crippen LogP contribution in [0.4, 0.5) is 0 Å². The molecule has 4 nitrogen and oxygen atoms in total. The van der Waals surface area contributed by atoms with Crippen molar-refractivity contribution >= 4 is 5.78 Å². The van der Waals surface area contributed by atoms with Crippen LogP contribution in [-0.2, 0) is 18.4 Å². The van der Waals surface area contributed by atoms with Crippen molar-refractivity contribution in [3.8, 4) is 5.75 Å². The summed E-state index contributed by atoms with van der Waals surface area (Å²) in [5.41, 5.74) is 1.68. The van der Waals surface area contributed by atoms with Gasteiger partial charge in [0, 0.05) is 32.1 Å². The molecule has 0 fully saturated rings. The summed E-state index contributed by atoms with van der Waals surface area (Å²) in [6, 6.07) is 9.33. The molecule has 0 aliphatic heterocycles. The number of aromatic nitrogens is 1. The fraction of sp³-hybridized carbons (Fsp3) is 0.267. The Kier molecular flexibility index (Phi) is 4.36. The molecule has 0 saturated carbocycles. The van der Waals surface area contributed by atoms with Crippen LogP contribution in [0.15, 0.2) is 42.7 Å². The van der Waals surface area contributed by atoms with E-state index in [0.29, 0.717) is 17.9 Å². The first kappa shape index (κ1) is 13.4. The molecule has 0 amide bonds. The summed E-state index contributed by atoms with van der Waals surface area (Å²) in [6.45, 7) is 0.574. The van der Waals surface area contributed by atoms with Crippen molar-refractivity contribution in [2.24, 2.45) is 7.05 Å². The SMILES string of the molecule is COCc1cccc(OCC(=O)c2ccn(C)c2)c1. The van der Waals surface area contributed by atoms with Crippen LogP contribution in [0.5, 0.6) is 5.75 Å². The molecule has 0 bridgehead atoms. The summed E-state index contributed by atoms with van der Waals surface area (Å²) in [7, 11) is 3.53. The van der Waals surface area contributed by atoms with Crippen LogP contribution in [-0.4, -0.2) is 24.1 Å². The lowest BCUT2D eigenvalue weighted by atomic mass is 10.2. The summed E-state index contributed by atoms with van der Waals surface area (Å²) in [5, 5.41) is 0.